The molecule has 0 heterocycles. The number of ether oxygens (including phenoxy) is 1. The standard InChI is InChI=1S/C10H13BrN2O3.C2H6/c1-5-7(11)10(16-4)6(2)9(13(14)15)8(5)12-3;1-2/h12H,1-4H3;1-2H3. The highest BCUT2D eigenvalue weighted by molar-refractivity contribution is 9.10. The molecule has 0 aliphatic rings. The van der Waals surface area contributed by atoms with Crippen LogP contribution in [0.1, 0.15) is 25.0 Å². The Bertz CT molecular complexity index is 448. The molecule has 6 heteroatoms. The van der Waals surface area contributed by atoms with E-state index in [4.69, 9.17) is 4.74 Å². The van der Waals surface area contributed by atoms with E-state index in [0.717, 1.165) is 10.0 Å². The van der Waals surface area contributed by atoms with Gasteiger partial charge in [-0.05, 0) is 35.3 Å². The van der Waals surface area contributed by atoms with Gasteiger partial charge in [0.05, 0.1) is 22.1 Å². The minimum atomic E-state index is -0.400. The molecular weight excluding hydrogens is 300 g/mol. The maximum absolute atomic E-state index is 11.0. The molecule has 0 bridgehead atoms. The third-order valence-corrected chi connectivity index (χ3v) is 3.43. The third-order valence-electron chi connectivity index (χ3n) is 2.47. The Kier molecular flexibility index (Phi) is 6.68. The van der Waals surface area contributed by atoms with Gasteiger partial charge in [0.25, 0.3) is 5.69 Å². The molecule has 0 spiro atoms. The molecule has 0 aromatic heterocycles. The highest BCUT2D eigenvalue weighted by Gasteiger charge is 2.25. The zero-order chi connectivity index (χ0) is 14.5. The monoisotopic (exact) mass is 318 g/mol. The number of rotatable bonds is 3. The Morgan fingerprint density at radius 2 is 1.78 bits per heavy atom. The van der Waals surface area contributed by atoms with Gasteiger partial charge < -0.3 is 10.1 Å². The minimum Gasteiger partial charge on any atom is -0.495 e. The van der Waals surface area contributed by atoms with Crippen molar-refractivity contribution in [1.29, 1.82) is 0 Å². The molecular formula is C12H19BrN2O3. The quantitative estimate of drug-likeness (QED) is 0.674. The second-order valence-electron chi connectivity index (χ2n) is 3.33. The van der Waals surface area contributed by atoms with Gasteiger partial charge in [0.1, 0.15) is 11.4 Å². The topological polar surface area (TPSA) is 64.4 Å². The fourth-order valence-corrected chi connectivity index (χ4v) is 2.35. The zero-order valence-corrected chi connectivity index (χ0v) is 13.1. The maximum Gasteiger partial charge on any atom is 0.299 e. The van der Waals surface area contributed by atoms with Crippen LogP contribution in [-0.2, 0) is 0 Å². The molecule has 0 unspecified atom stereocenters. The first-order valence-corrected chi connectivity index (χ1v) is 6.43. The Balaban J connectivity index is 0.00000137. The fraction of sp³-hybridized carbons (Fsp3) is 0.500. The van der Waals surface area contributed by atoms with Gasteiger partial charge in [0.2, 0.25) is 0 Å². The molecule has 0 amide bonds. The maximum atomic E-state index is 11.0. The lowest BCUT2D eigenvalue weighted by atomic mass is 10.1. The van der Waals surface area contributed by atoms with Gasteiger partial charge in [0, 0.05) is 7.05 Å². The molecule has 5 nitrogen and oxygen atoms in total. The number of anilines is 1. The number of halogens is 1. The second-order valence-corrected chi connectivity index (χ2v) is 4.12. The molecule has 0 atom stereocenters. The Hall–Kier alpha value is -1.30. The highest BCUT2D eigenvalue weighted by atomic mass is 79.9. The van der Waals surface area contributed by atoms with Gasteiger partial charge >= 0.3 is 0 Å². The summed E-state index contributed by atoms with van der Waals surface area (Å²) < 4.78 is 5.91. The van der Waals surface area contributed by atoms with E-state index in [1.807, 2.05) is 13.8 Å². The lowest BCUT2D eigenvalue weighted by molar-refractivity contribution is -0.384. The van der Waals surface area contributed by atoms with Crippen LogP contribution in [0.2, 0.25) is 0 Å². The largest absolute Gasteiger partial charge is 0.495 e. The van der Waals surface area contributed by atoms with Crippen molar-refractivity contribution in [3.8, 4) is 5.75 Å². The molecule has 102 valence electrons. The van der Waals surface area contributed by atoms with Gasteiger partial charge in [-0.3, -0.25) is 10.1 Å². The molecule has 0 aliphatic heterocycles. The smallest absolute Gasteiger partial charge is 0.299 e. The van der Waals surface area contributed by atoms with Crippen LogP contribution in [0.25, 0.3) is 0 Å². The summed E-state index contributed by atoms with van der Waals surface area (Å²) in [6.45, 7) is 7.47. The number of benzene rings is 1. The van der Waals surface area contributed by atoms with Crippen molar-refractivity contribution >= 4 is 27.3 Å². The van der Waals surface area contributed by atoms with Crippen LogP contribution in [-0.4, -0.2) is 19.1 Å². The summed E-state index contributed by atoms with van der Waals surface area (Å²) >= 11 is 3.38. The van der Waals surface area contributed by atoms with Crippen LogP contribution < -0.4 is 10.1 Å². The van der Waals surface area contributed by atoms with Crippen molar-refractivity contribution in [2.24, 2.45) is 0 Å². The molecule has 1 aromatic rings. The van der Waals surface area contributed by atoms with E-state index in [9.17, 15) is 10.1 Å². The summed E-state index contributed by atoms with van der Waals surface area (Å²) in [5, 5.41) is 13.9. The predicted molar refractivity (Wildman–Crippen MR) is 77.7 cm³/mol. The number of hydrogen-bond acceptors (Lipinski definition) is 4. The molecule has 1 rings (SSSR count). The minimum absolute atomic E-state index is 0.0556. The average molecular weight is 319 g/mol. The molecule has 0 radical (unpaired) electrons. The summed E-state index contributed by atoms with van der Waals surface area (Å²) in [6, 6.07) is 0. The summed E-state index contributed by atoms with van der Waals surface area (Å²) in [5.74, 6) is 0.503. The number of nitro groups is 1. The van der Waals surface area contributed by atoms with Crippen LogP contribution in [0.15, 0.2) is 4.47 Å². The molecule has 1 aromatic carbocycles. The summed E-state index contributed by atoms with van der Waals surface area (Å²) in [6.07, 6.45) is 0. The van der Waals surface area contributed by atoms with Crippen LogP contribution in [0.4, 0.5) is 11.4 Å². The number of nitro benzene ring substituents is 1. The van der Waals surface area contributed by atoms with E-state index >= 15 is 0 Å². The van der Waals surface area contributed by atoms with E-state index in [1.54, 1.807) is 20.9 Å². The number of hydrogen-bond donors (Lipinski definition) is 1. The first kappa shape index (κ1) is 16.7. The van der Waals surface area contributed by atoms with E-state index < -0.39 is 4.92 Å². The van der Waals surface area contributed by atoms with Crippen molar-refractivity contribution in [2.75, 3.05) is 19.5 Å². The summed E-state index contributed by atoms with van der Waals surface area (Å²) in [7, 11) is 3.16. The van der Waals surface area contributed by atoms with Gasteiger partial charge in [-0.15, -0.1) is 0 Å². The van der Waals surface area contributed by atoms with Crippen LogP contribution >= 0.6 is 15.9 Å². The lowest BCUT2D eigenvalue weighted by Crippen LogP contribution is -2.04. The molecule has 18 heavy (non-hydrogen) atoms. The molecule has 0 fully saturated rings. The predicted octanol–water partition coefficient (Wildman–Crippen LogP) is 4.05. The van der Waals surface area contributed by atoms with Gasteiger partial charge in [-0.25, -0.2) is 0 Å². The van der Waals surface area contributed by atoms with E-state index in [-0.39, 0.29) is 5.69 Å². The van der Waals surface area contributed by atoms with Gasteiger partial charge in [-0.1, -0.05) is 13.8 Å². The summed E-state index contributed by atoms with van der Waals surface area (Å²) in [4.78, 5) is 10.6. The fourth-order valence-electron chi connectivity index (χ4n) is 1.69. The zero-order valence-electron chi connectivity index (χ0n) is 11.5. The second kappa shape index (κ2) is 7.20. The van der Waals surface area contributed by atoms with Crippen molar-refractivity contribution in [1.82, 2.24) is 0 Å². The first-order valence-electron chi connectivity index (χ1n) is 5.64. The van der Waals surface area contributed by atoms with Gasteiger partial charge in [-0.2, -0.15) is 0 Å². The van der Waals surface area contributed by atoms with Gasteiger partial charge in [0.15, 0.2) is 0 Å². The number of nitrogens with zero attached hydrogens (tertiary/aromatic N) is 1. The molecule has 0 saturated heterocycles. The van der Waals surface area contributed by atoms with Crippen LogP contribution in [0.5, 0.6) is 5.75 Å². The SMILES string of the molecule is CC.CNc1c(C)c(Br)c(OC)c(C)c1[N+](=O)[O-]. The Labute approximate surface area is 116 Å². The normalized spacial score (nSPS) is 9.28. The van der Waals surface area contributed by atoms with Crippen molar-refractivity contribution in [2.45, 2.75) is 27.7 Å². The highest BCUT2D eigenvalue weighted by Crippen LogP contribution is 2.43. The van der Waals surface area contributed by atoms with E-state index in [0.29, 0.717) is 17.0 Å². The molecule has 0 saturated carbocycles. The Morgan fingerprint density at radius 3 is 2.11 bits per heavy atom. The van der Waals surface area contributed by atoms with Crippen molar-refractivity contribution < 1.29 is 9.66 Å². The summed E-state index contributed by atoms with van der Waals surface area (Å²) in [5.41, 5.74) is 1.83. The van der Waals surface area contributed by atoms with Crippen molar-refractivity contribution in [3.63, 3.8) is 0 Å². The van der Waals surface area contributed by atoms with E-state index in [1.165, 1.54) is 7.11 Å². The number of methoxy groups -OCH3 is 1. The third kappa shape index (κ3) is 2.93. The molecule has 1 N–H and O–H groups in total. The first-order chi connectivity index (χ1) is 8.45. The number of nitrogens with one attached hydrogen (secondary N) is 1. The van der Waals surface area contributed by atoms with Crippen LogP contribution in [0, 0.1) is 24.0 Å². The lowest BCUT2D eigenvalue weighted by Gasteiger charge is -2.14. The van der Waals surface area contributed by atoms with E-state index in [2.05, 4.69) is 21.2 Å². The van der Waals surface area contributed by atoms with Crippen LogP contribution in [0.3, 0.4) is 0 Å². The molecule has 0 aliphatic carbocycles. The Morgan fingerprint density at radius 1 is 1.28 bits per heavy atom. The van der Waals surface area contributed by atoms with Crippen molar-refractivity contribution in [3.05, 3.63) is 25.7 Å². The average Bonchev–Trinajstić information content (AvgIpc) is 2.36.